The number of carbonyl (C=O) groups is 1. The number of carbonyl (C=O) groups excluding carboxylic acids is 1. The number of hydrogen-bond acceptors (Lipinski definition) is 2. The summed E-state index contributed by atoms with van der Waals surface area (Å²) < 4.78 is 0. The van der Waals surface area contributed by atoms with Gasteiger partial charge in [-0.15, -0.1) is 0 Å². The predicted molar refractivity (Wildman–Crippen MR) is 59.4 cm³/mol. The van der Waals surface area contributed by atoms with E-state index in [9.17, 15) is 4.79 Å². The van der Waals surface area contributed by atoms with Crippen LogP contribution in [0.25, 0.3) is 5.57 Å². The largest absolute Gasteiger partial charge is 0.515 e. The Kier molecular flexibility index (Phi) is 2.68. The van der Waals surface area contributed by atoms with E-state index in [4.69, 9.17) is 5.11 Å². The summed E-state index contributed by atoms with van der Waals surface area (Å²) in [6, 6.07) is 9.69. The summed E-state index contributed by atoms with van der Waals surface area (Å²) in [5.41, 5.74) is 3.52. The Bertz CT molecular complexity index is 427. The van der Waals surface area contributed by atoms with E-state index in [1.807, 2.05) is 30.3 Å². The Morgan fingerprint density at radius 3 is 2.47 bits per heavy atom. The molecule has 0 atom stereocenters. The molecule has 1 aliphatic carbocycles. The van der Waals surface area contributed by atoms with Gasteiger partial charge in [0.1, 0.15) is 6.29 Å². The van der Waals surface area contributed by atoms with E-state index in [2.05, 4.69) is 0 Å². The van der Waals surface area contributed by atoms with Crippen molar-refractivity contribution in [2.45, 2.75) is 12.8 Å². The first-order chi connectivity index (χ1) is 7.36. The van der Waals surface area contributed by atoms with Crippen molar-refractivity contribution in [2.75, 3.05) is 0 Å². The van der Waals surface area contributed by atoms with Crippen LogP contribution in [0.3, 0.4) is 0 Å². The Morgan fingerprint density at radius 2 is 1.87 bits per heavy atom. The van der Waals surface area contributed by atoms with Crippen LogP contribution >= 0.6 is 0 Å². The summed E-state index contributed by atoms with van der Waals surface area (Å²) in [7, 11) is 0. The van der Waals surface area contributed by atoms with Gasteiger partial charge in [0.15, 0.2) is 0 Å². The maximum absolute atomic E-state index is 10.9. The van der Waals surface area contributed by atoms with Gasteiger partial charge in [0, 0.05) is 5.57 Å². The minimum Gasteiger partial charge on any atom is -0.515 e. The summed E-state index contributed by atoms with van der Waals surface area (Å²) in [4.78, 5) is 10.9. The lowest BCUT2D eigenvalue weighted by molar-refractivity contribution is -0.104. The number of benzene rings is 1. The van der Waals surface area contributed by atoms with Gasteiger partial charge in [-0.2, -0.15) is 0 Å². The van der Waals surface area contributed by atoms with Crippen LogP contribution in [-0.4, -0.2) is 11.4 Å². The van der Waals surface area contributed by atoms with E-state index in [1.165, 1.54) is 0 Å². The fourth-order valence-electron chi connectivity index (χ4n) is 1.95. The molecule has 0 amide bonds. The van der Waals surface area contributed by atoms with Gasteiger partial charge in [-0.25, -0.2) is 0 Å². The zero-order valence-corrected chi connectivity index (χ0v) is 8.31. The number of hydrogen-bond donors (Lipinski definition) is 1. The molecule has 0 spiro atoms. The van der Waals surface area contributed by atoms with Gasteiger partial charge < -0.3 is 5.11 Å². The molecule has 2 heteroatoms. The van der Waals surface area contributed by atoms with Crippen LogP contribution in [0.15, 0.2) is 47.7 Å². The molecule has 0 aromatic heterocycles. The SMILES string of the molecule is O=CC1=C(c2ccccc2)C(=CO)CC1. The van der Waals surface area contributed by atoms with Gasteiger partial charge >= 0.3 is 0 Å². The predicted octanol–water partition coefficient (Wildman–Crippen LogP) is 2.87. The topological polar surface area (TPSA) is 37.3 Å². The van der Waals surface area contributed by atoms with Crippen molar-refractivity contribution >= 4 is 11.9 Å². The van der Waals surface area contributed by atoms with Crippen LogP contribution in [0, 0.1) is 0 Å². The van der Waals surface area contributed by atoms with E-state index in [-0.39, 0.29) is 0 Å². The van der Waals surface area contributed by atoms with E-state index >= 15 is 0 Å². The van der Waals surface area contributed by atoms with E-state index in [0.717, 1.165) is 47.7 Å². The molecular weight excluding hydrogens is 188 g/mol. The Labute approximate surface area is 88.6 Å². The fourth-order valence-corrected chi connectivity index (χ4v) is 1.95. The van der Waals surface area contributed by atoms with Gasteiger partial charge in [0.25, 0.3) is 0 Å². The van der Waals surface area contributed by atoms with Crippen LogP contribution in [0.4, 0.5) is 0 Å². The number of aliphatic hydroxyl groups excluding tert-OH is 1. The Morgan fingerprint density at radius 1 is 1.13 bits per heavy atom. The summed E-state index contributed by atoms with van der Waals surface area (Å²) in [5, 5.41) is 9.10. The molecule has 1 N–H and O–H groups in total. The standard InChI is InChI=1S/C13H12O2/c14-8-11-6-7-12(9-15)13(11)10-4-2-1-3-5-10/h1-5,8-9,14H,6-7H2. The lowest BCUT2D eigenvalue weighted by Gasteiger charge is -2.05. The average Bonchev–Trinajstić information content (AvgIpc) is 2.72. The first kappa shape index (κ1) is 9.71. The van der Waals surface area contributed by atoms with E-state index in [1.54, 1.807) is 0 Å². The molecule has 0 aliphatic heterocycles. The quantitative estimate of drug-likeness (QED) is 0.588. The summed E-state index contributed by atoms with van der Waals surface area (Å²) in [6.45, 7) is 0. The van der Waals surface area contributed by atoms with Crippen molar-refractivity contribution in [1.82, 2.24) is 0 Å². The number of rotatable bonds is 2. The van der Waals surface area contributed by atoms with Gasteiger partial charge in [-0.05, 0) is 29.6 Å². The highest BCUT2D eigenvalue weighted by atomic mass is 16.2. The smallest absolute Gasteiger partial charge is 0.146 e. The fraction of sp³-hybridized carbons (Fsp3) is 0.154. The van der Waals surface area contributed by atoms with Crippen LogP contribution in [-0.2, 0) is 4.79 Å². The second kappa shape index (κ2) is 4.13. The van der Waals surface area contributed by atoms with Gasteiger partial charge in [0.2, 0.25) is 0 Å². The zero-order valence-electron chi connectivity index (χ0n) is 8.31. The number of aliphatic hydroxyl groups is 1. The molecule has 0 saturated carbocycles. The molecule has 1 aromatic rings. The number of allylic oxidation sites excluding steroid dienone is 3. The highest BCUT2D eigenvalue weighted by Gasteiger charge is 2.20. The van der Waals surface area contributed by atoms with E-state index < -0.39 is 0 Å². The first-order valence-electron chi connectivity index (χ1n) is 4.94. The normalized spacial score (nSPS) is 18.5. The van der Waals surface area contributed by atoms with Crippen molar-refractivity contribution in [3.63, 3.8) is 0 Å². The monoisotopic (exact) mass is 200 g/mol. The van der Waals surface area contributed by atoms with Crippen LogP contribution in [0.5, 0.6) is 0 Å². The van der Waals surface area contributed by atoms with Gasteiger partial charge in [0.05, 0.1) is 6.26 Å². The molecule has 2 rings (SSSR count). The van der Waals surface area contributed by atoms with Crippen molar-refractivity contribution in [3.05, 3.63) is 53.3 Å². The average molecular weight is 200 g/mol. The van der Waals surface area contributed by atoms with Crippen molar-refractivity contribution < 1.29 is 9.90 Å². The molecule has 2 nitrogen and oxygen atoms in total. The first-order valence-corrected chi connectivity index (χ1v) is 4.94. The second-order valence-electron chi connectivity index (χ2n) is 3.54. The third-order valence-corrected chi connectivity index (χ3v) is 2.67. The zero-order chi connectivity index (χ0) is 10.7. The lowest BCUT2D eigenvalue weighted by atomic mass is 10.00. The third kappa shape index (κ3) is 1.71. The van der Waals surface area contributed by atoms with Crippen molar-refractivity contribution in [3.8, 4) is 0 Å². The van der Waals surface area contributed by atoms with Crippen LogP contribution in [0.2, 0.25) is 0 Å². The van der Waals surface area contributed by atoms with E-state index in [0.29, 0.717) is 0 Å². The lowest BCUT2D eigenvalue weighted by Crippen LogP contribution is -1.88. The molecule has 0 bridgehead atoms. The third-order valence-electron chi connectivity index (χ3n) is 2.67. The molecule has 15 heavy (non-hydrogen) atoms. The molecule has 0 radical (unpaired) electrons. The van der Waals surface area contributed by atoms with Crippen molar-refractivity contribution in [2.24, 2.45) is 0 Å². The van der Waals surface area contributed by atoms with Crippen LogP contribution < -0.4 is 0 Å². The van der Waals surface area contributed by atoms with Gasteiger partial charge in [-0.1, -0.05) is 30.3 Å². The Balaban J connectivity index is 2.53. The molecule has 76 valence electrons. The summed E-state index contributed by atoms with van der Waals surface area (Å²) in [6.07, 6.45) is 3.46. The maximum atomic E-state index is 10.9. The van der Waals surface area contributed by atoms with Crippen molar-refractivity contribution in [1.29, 1.82) is 0 Å². The Hall–Kier alpha value is -1.83. The molecule has 1 aliphatic rings. The van der Waals surface area contributed by atoms with Gasteiger partial charge in [-0.3, -0.25) is 4.79 Å². The number of aldehydes is 1. The molecule has 0 unspecified atom stereocenters. The molecular formula is C13H12O2. The minimum atomic E-state index is 0.722. The highest BCUT2D eigenvalue weighted by molar-refractivity contribution is 5.96. The van der Waals surface area contributed by atoms with Crippen LogP contribution in [0.1, 0.15) is 18.4 Å². The second-order valence-corrected chi connectivity index (χ2v) is 3.54. The maximum Gasteiger partial charge on any atom is 0.146 e. The molecule has 0 saturated heterocycles. The minimum absolute atomic E-state index is 0.722. The molecule has 0 fully saturated rings. The summed E-state index contributed by atoms with van der Waals surface area (Å²) >= 11 is 0. The molecule has 0 heterocycles. The summed E-state index contributed by atoms with van der Waals surface area (Å²) in [5.74, 6) is 0. The highest BCUT2D eigenvalue weighted by Crippen LogP contribution is 2.37. The molecule has 1 aromatic carbocycles.